The Balaban J connectivity index is 1.70. The van der Waals surface area contributed by atoms with Gasteiger partial charge in [0.1, 0.15) is 18.4 Å². The van der Waals surface area contributed by atoms with Crippen LogP contribution >= 0.6 is 0 Å². The van der Waals surface area contributed by atoms with E-state index in [0.29, 0.717) is 19.0 Å². The SMILES string of the molecule is CCNC(=NCc1ncc(C(C)(C)C)o1)N1CCOC(c2cnn(C)c2)C1. The molecular formula is C19H30N6O2. The standard InChI is InChI=1S/C19H30N6O2/c1-6-20-18(22-11-17-21-10-16(27-17)19(2,3)4)25-7-8-26-15(13-25)14-9-23-24(5)12-14/h9-10,12,15H,6-8,11,13H2,1-5H3,(H,20,22). The van der Waals surface area contributed by atoms with Gasteiger partial charge in [0.2, 0.25) is 5.89 Å². The van der Waals surface area contributed by atoms with E-state index in [4.69, 9.17) is 14.1 Å². The normalized spacial score (nSPS) is 18.8. The van der Waals surface area contributed by atoms with E-state index in [1.165, 1.54) is 0 Å². The molecule has 3 heterocycles. The second-order valence-electron chi connectivity index (χ2n) is 7.79. The van der Waals surface area contributed by atoms with Crippen molar-refractivity contribution in [2.45, 2.75) is 45.8 Å². The summed E-state index contributed by atoms with van der Waals surface area (Å²) in [6.45, 7) is 11.8. The number of ether oxygens (including phenoxy) is 1. The zero-order valence-electron chi connectivity index (χ0n) is 16.9. The van der Waals surface area contributed by atoms with Gasteiger partial charge in [-0.25, -0.2) is 9.98 Å². The lowest BCUT2D eigenvalue weighted by atomic mass is 9.94. The number of hydrogen-bond acceptors (Lipinski definition) is 5. The highest BCUT2D eigenvalue weighted by Gasteiger charge is 2.25. The number of guanidine groups is 1. The Morgan fingerprint density at radius 1 is 1.37 bits per heavy atom. The zero-order valence-corrected chi connectivity index (χ0v) is 16.9. The predicted molar refractivity (Wildman–Crippen MR) is 103 cm³/mol. The van der Waals surface area contributed by atoms with E-state index < -0.39 is 0 Å². The van der Waals surface area contributed by atoms with Gasteiger partial charge in [-0.2, -0.15) is 5.10 Å². The minimum atomic E-state index is -0.0549. The third-order valence-corrected chi connectivity index (χ3v) is 4.45. The molecule has 27 heavy (non-hydrogen) atoms. The molecule has 148 valence electrons. The molecule has 0 bridgehead atoms. The van der Waals surface area contributed by atoms with E-state index in [-0.39, 0.29) is 11.5 Å². The van der Waals surface area contributed by atoms with Gasteiger partial charge in [0, 0.05) is 37.3 Å². The maximum atomic E-state index is 5.93. The van der Waals surface area contributed by atoms with Gasteiger partial charge < -0.3 is 19.4 Å². The number of aryl methyl sites for hydroxylation is 1. The molecule has 0 aromatic carbocycles. The molecule has 2 aromatic heterocycles. The first-order chi connectivity index (χ1) is 12.9. The highest BCUT2D eigenvalue weighted by Crippen LogP contribution is 2.23. The smallest absolute Gasteiger partial charge is 0.216 e. The number of rotatable bonds is 4. The minimum Gasteiger partial charge on any atom is -0.443 e. The first-order valence-electron chi connectivity index (χ1n) is 9.45. The summed E-state index contributed by atoms with van der Waals surface area (Å²) in [6, 6.07) is 0. The van der Waals surface area contributed by atoms with E-state index in [2.05, 4.69) is 48.0 Å². The average molecular weight is 374 g/mol. The monoisotopic (exact) mass is 374 g/mol. The molecule has 1 aliphatic rings. The quantitative estimate of drug-likeness (QED) is 0.653. The number of aliphatic imine (C=N–C) groups is 1. The molecule has 0 amide bonds. The Morgan fingerprint density at radius 3 is 2.81 bits per heavy atom. The topological polar surface area (TPSA) is 80.7 Å². The Morgan fingerprint density at radius 2 is 2.19 bits per heavy atom. The van der Waals surface area contributed by atoms with Gasteiger partial charge in [-0.15, -0.1) is 0 Å². The fourth-order valence-corrected chi connectivity index (χ4v) is 2.95. The summed E-state index contributed by atoms with van der Waals surface area (Å²) < 4.78 is 13.6. The molecule has 2 aromatic rings. The highest BCUT2D eigenvalue weighted by atomic mass is 16.5. The van der Waals surface area contributed by atoms with Crippen molar-refractivity contribution in [2.75, 3.05) is 26.2 Å². The van der Waals surface area contributed by atoms with Crippen LogP contribution in [0.3, 0.4) is 0 Å². The molecule has 8 nitrogen and oxygen atoms in total. The average Bonchev–Trinajstić information content (AvgIpc) is 3.27. The van der Waals surface area contributed by atoms with Crippen molar-refractivity contribution in [3.8, 4) is 0 Å². The lowest BCUT2D eigenvalue weighted by Crippen LogP contribution is -2.48. The van der Waals surface area contributed by atoms with Crippen molar-refractivity contribution >= 4 is 5.96 Å². The van der Waals surface area contributed by atoms with Crippen LogP contribution in [-0.2, 0) is 23.7 Å². The molecular weight excluding hydrogens is 344 g/mol. The first kappa shape index (κ1) is 19.4. The van der Waals surface area contributed by atoms with Crippen LogP contribution in [0.1, 0.15) is 51.0 Å². The van der Waals surface area contributed by atoms with Crippen LogP contribution in [-0.4, -0.2) is 51.9 Å². The van der Waals surface area contributed by atoms with Crippen LogP contribution in [0.15, 0.2) is 28.0 Å². The van der Waals surface area contributed by atoms with Crippen LogP contribution in [0, 0.1) is 0 Å². The van der Waals surface area contributed by atoms with Crippen LogP contribution in [0.4, 0.5) is 0 Å². The van der Waals surface area contributed by atoms with Crippen molar-refractivity contribution in [2.24, 2.45) is 12.0 Å². The largest absolute Gasteiger partial charge is 0.443 e. The summed E-state index contributed by atoms with van der Waals surface area (Å²) in [7, 11) is 1.91. The Labute approximate surface area is 160 Å². The maximum Gasteiger partial charge on any atom is 0.216 e. The summed E-state index contributed by atoms with van der Waals surface area (Å²) in [6.07, 6.45) is 5.65. The lowest BCUT2D eigenvalue weighted by Gasteiger charge is -2.34. The van der Waals surface area contributed by atoms with Gasteiger partial charge in [-0.1, -0.05) is 20.8 Å². The third kappa shape index (κ3) is 4.88. The van der Waals surface area contributed by atoms with E-state index >= 15 is 0 Å². The maximum absolute atomic E-state index is 5.93. The zero-order chi connectivity index (χ0) is 19.4. The number of morpholine rings is 1. The molecule has 1 aliphatic heterocycles. The molecule has 1 unspecified atom stereocenters. The Bertz CT molecular complexity index is 773. The Hall–Kier alpha value is -2.35. The summed E-state index contributed by atoms with van der Waals surface area (Å²) in [5.74, 6) is 2.36. The van der Waals surface area contributed by atoms with Crippen LogP contribution < -0.4 is 5.32 Å². The third-order valence-electron chi connectivity index (χ3n) is 4.45. The number of oxazole rings is 1. The van der Waals surface area contributed by atoms with Crippen molar-refractivity contribution in [3.63, 3.8) is 0 Å². The molecule has 0 radical (unpaired) electrons. The van der Waals surface area contributed by atoms with Crippen molar-refractivity contribution < 1.29 is 9.15 Å². The predicted octanol–water partition coefficient (Wildman–Crippen LogP) is 2.24. The van der Waals surface area contributed by atoms with Gasteiger partial charge in [0.05, 0.1) is 25.5 Å². The summed E-state index contributed by atoms with van der Waals surface area (Å²) in [4.78, 5) is 11.3. The van der Waals surface area contributed by atoms with Crippen LogP contribution in [0.25, 0.3) is 0 Å². The van der Waals surface area contributed by atoms with Gasteiger partial charge >= 0.3 is 0 Å². The number of nitrogens with one attached hydrogen (secondary N) is 1. The second kappa shape index (κ2) is 8.12. The van der Waals surface area contributed by atoms with E-state index in [0.717, 1.165) is 36.9 Å². The van der Waals surface area contributed by atoms with Gasteiger partial charge in [-0.3, -0.25) is 4.68 Å². The van der Waals surface area contributed by atoms with Crippen molar-refractivity contribution in [1.29, 1.82) is 0 Å². The molecule has 8 heteroatoms. The first-order valence-corrected chi connectivity index (χ1v) is 9.45. The fourth-order valence-electron chi connectivity index (χ4n) is 2.95. The number of hydrogen-bond donors (Lipinski definition) is 1. The second-order valence-corrected chi connectivity index (χ2v) is 7.79. The van der Waals surface area contributed by atoms with Crippen molar-refractivity contribution in [1.82, 2.24) is 25.0 Å². The molecule has 3 rings (SSSR count). The molecule has 1 saturated heterocycles. The molecule has 1 atom stereocenters. The number of aromatic nitrogens is 3. The van der Waals surface area contributed by atoms with Gasteiger partial charge in [-0.05, 0) is 6.92 Å². The van der Waals surface area contributed by atoms with Crippen LogP contribution in [0.5, 0.6) is 0 Å². The highest BCUT2D eigenvalue weighted by molar-refractivity contribution is 5.80. The summed E-state index contributed by atoms with van der Waals surface area (Å²) in [5, 5.41) is 7.61. The molecule has 0 saturated carbocycles. The molecule has 0 spiro atoms. The minimum absolute atomic E-state index is 0.00876. The summed E-state index contributed by atoms with van der Waals surface area (Å²) >= 11 is 0. The molecule has 1 fully saturated rings. The van der Waals surface area contributed by atoms with E-state index in [1.54, 1.807) is 10.9 Å². The summed E-state index contributed by atoms with van der Waals surface area (Å²) in [5.41, 5.74) is 1.03. The van der Waals surface area contributed by atoms with E-state index in [1.807, 2.05) is 19.4 Å². The van der Waals surface area contributed by atoms with Gasteiger partial charge in [0.25, 0.3) is 0 Å². The van der Waals surface area contributed by atoms with Crippen molar-refractivity contribution in [3.05, 3.63) is 35.8 Å². The molecule has 1 N–H and O–H groups in total. The Kier molecular flexibility index (Phi) is 5.84. The number of nitrogens with zero attached hydrogens (tertiary/aromatic N) is 5. The van der Waals surface area contributed by atoms with E-state index in [9.17, 15) is 0 Å². The molecule has 0 aliphatic carbocycles. The van der Waals surface area contributed by atoms with Gasteiger partial charge in [0.15, 0.2) is 5.96 Å². The van der Waals surface area contributed by atoms with Crippen LogP contribution in [0.2, 0.25) is 0 Å². The lowest BCUT2D eigenvalue weighted by molar-refractivity contribution is -0.00806. The fraction of sp³-hybridized carbons (Fsp3) is 0.632.